The summed E-state index contributed by atoms with van der Waals surface area (Å²) in [6, 6.07) is 6.22. The van der Waals surface area contributed by atoms with E-state index in [1.807, 2.05) is 0 Å². The monoisotopic (exact) mass is 353 g/mol. The van der Waals surface area contributed by atoms with Gasteiger partial charge < -0.3 is 14.6 Å². The smallest absolute Gasteiger partial charge is 0.307 e. The Morgan fingerprint density at radius 3 is 2.29 bits per heavy atom. The summed E-state index contributed by atoms with van der Waals surface area (Å²) in [5.74, 6) is -4.55. The Labute approximate surface area is 137 Å². The van der Waals surface area contributed by atoms with Gasteiger partial charge in [0.2, 0.25) is 10.0 Å². The first kappa shape index (κ1) is 16.5. The Morgan fingerprint density at radius 1 is 1.08 bits per heavy atom. The van der Waals surface area contributed by atoms with E-state index < -0.39 is 33.8 Å². The summed E-state index contributed by atoms with van der Waals surface area (Å²) >= 11 is 0. The van der Waals surface area contributed by atoms with E-state index in [1.54, 1.807) is 18.2 Å². The fourth-order valence-electron chi connectivity index (χ4n) is 2.92. The van der Waals surface area contributed by atoms with Crippen LogP contribution >= 0.6 is 0 Å². The number of carboxylic acid groups (broad SMARTS) is 2. The lowest BCUT2D eigenvalue weighted by atomic mass is 9.91. The number of aliphatic carboxylic acids is 2. The Balaban J connectivity index is 2.03. The summed E-state index contributed by atoms with van der Waals surface area (Å²) in [4.78, 5) is 22.4. The highest BCUT2D eigenvalue weighted by Gasteiger charge is 2.41. The molecule has 0 radical (unpaired) electrons. The lowest BCUT2D eigenvalue weighted by molar-refractivity contribution is -0.148. The number of rotatable bonds is 4. The molecule has 2 atom stereocenters. The summed E-state index contributed by atoms with van der Waals surface area (Å²) in [5, 5.41) is 19.0. The number of benzene rings is 1. The molecule has 24 heavy (non-hydrogen) atoms. The van der Waals surface area contributed by atoms with Crippen LogP contribution in [0.2, 0.25) is 0 Å². The number of piperidine rings is 1. The summed E-state index contributed by atoms with van der Waals surface area (Å²) < 4.78 is 32.0. The zero-order valence-corrected chi connectivity index (χ0v) is 13.3. The number of carbonyl (C=O) groups is 2. The largest absolute Gasteiger partial charge is 0.481 e. The van der Waals surface area contributed by atoms with Crippen molar-refractivity contribution in [1.82, 2.24) is 4.31 Å². The molecule has 0 amide bonds. The Morgan fingerprint density at radius 2 is 1.71 bits per heavy atom. The maximum atomic E-state index is 12.9. The molecule has 1 fully saturated rings. The van der Waals surface area contributed by atoms with Crippen LogP contribution in [-0.2, 0) is 19.6 Å². The number of nitrogens with zero attached hydrogens (tertiary/aromatic N) is 1. The topological polar surface area (TPSA) is 125 Å². The van der Waals surface area contributed by atoms with Crippen LogP contribution in [0.5, 0.6) is 0 Å². The molecule has 9 heteroatoms. The van der Waals surface area contributed by atoms with Crippen molar-refractivity contribution in [1.29, 1.82) is 0 Å². The number of hydrogen-bond acceptors (Lipinski definition) is 5. The standard InChI is InChI=1S/C15H15NO7S/c17-14(18)10-6-11(15(19)20)8-16(7-10)24(21,22)12-3-1-2-9-4-5-23-13(9)12/h1-5,10-11H,6-8H2,(H,17,18)(H,19,20). The van der Waals surface area contributed by atoms with Crippen LogP contribution in [-0.4, -0.2) is 48.0 Å². The van der Waals surface area contributed by atoms with Gasteiger partial charge in [0.15, 0.2) is 5.58 Å². The average Bonchev–Trinajstić information content (AvgIpc) is 3.02. The highest BCUT2D eigenvalue weighted by atomic mass is 32.2. The number of fused-ring (bicyclic) bond motifs is 1. The highest BCUT2D eigenvalue weighted by molar-refractivity contribution is 7.89. The molecule has 0 spiro atoms. The van der Waals surface area contributed by atoms with Crippen molar-refractivity contribution >= 4 is 32.9 Å². The van der Waals surface area contributed by atoms with E-state index in [0.29, 0.717) is 5.39 Å². The zero-order chi connectivity index (χ0) is 17.5. The van der Waals surface area contributed by atoms with Crippen LogP contribution in [0.3, 0.4) is 0 Å². The number of furan rings is 1. The highest BCUT2D eigenvalue weighted by Crippen LogP contribution is 2.31. The molecule has 0 aliphatic carbocycles. The molecule has 1 aromatic heterocycles. The van der Waals surface area contributed by atoms with E-state index in [9.17, 15) is 28.2 Å². The van der Waals surface area contributed by atoms with Crippen LogP contribution < -0.4 is 0 Å². The van der Waals surface area contributed by atoms with Gasteiger partial charge in [0.1, 0.15) is 4.90 Å². The molecule has 2 heterocycles. The fraction of sp³-hybridized carbons (Fsp3) is 0.333. The molecular weight excluding hydrogens is 338 g/mol. The zero-order valence-electron chi connectivity index (χ0n) is 12.5. The minimum absolute atomic E-state index is 0.0956. The lowest BCUT2D eigenvalue weighted by Gasteiger charge is -2.33. The Hall–Kier alpha value is -2.39. The van der Waals surface area contributed by atoms with Gasteiger partial charge in [-0.05, 0) is 18.6 Å². The third-order valence-corrected chi connectivity index (χ3v) is 6.03. The van der Waals surface area contributed by atoms with E-state index >= 15 is 0 Å². The second-order valence-electron chi connectivity index (χ2n) is 5.72. The van der Waals surface area contributed by atoms with Gasteiger partial charge >= 0.3 is 11.9 Å². The van der Waals surface area contributed by atoms with Crippen molar-refractivity contribution in [3.05, 3.63) is 30.5 Å². The first-order chi connectivity index (χ1) is 11.3. The van der Waals surface area contributed by atoms with Crippen LogP contribution in [0.1, 0.15) is 6.42 Å². The molecule has 3 rings (SSSR count). The average molecular weight is 353 g/mol. The third-order valence-electron chi connectivity index (χ3n) is 4.18. The van der Waals surface area contributed by atoms with Crippen LogP contribution in [0.4, 0.5) is 0 Å². The predicted octanol–water partition coefficient (Wildman–Crippen LogP) is 1.23. The first-order valence-corrected chi connectivity index (χ1v) is 8.66. The van der Waals surface area contributed by atoms with Gasteiger partial charge in [0, 0.05) is 18.5 Å². The molecule has 1 saturated heterocycles. The van der Waals surface area contributed by atoms with Crippen LogP contribution in [0, 0.1) is 11.8 Å². The Bertz CT molecular complexity index is 879. The van der Waals surface area contributed by atoms with Gasteiger partial charge in [-0.3, -0.25) is 9.59 Å². The molecule has 2 N–H and O–H groups in total. The van der Waals surface area contributed by atoms with Crippen LogP contribution in [0.25, 0.3) is 11.0 Å². The fourth-order valence-corrected chi connectivity index (χ4v) is 4.60. The van der Waals surface area contributed by atoms with Gasteiger partial charge in [-0.2, -0.15) is 4.31 Å². The summed E-state index contributed by atoms with van der Waals surface area (Å²) in [7, 11) is -4.08. The number of sulfonamides is 1. The maximum Gasteiger partial charge on any atom is 0.307 e. The molecule has 8 nitrogen and oxygen atoms in total. The van der Waals surface area contributed by atoms with Gasteiger partial charge in [-0.15, -0.1) is 0 Å². The Kier molecular flexibility index (Phi) is 4.06. The minimum atomic E-state index is -4.08. The molecular formula is C15H15NO7S. The molecule has 0 bridgehead atoms. The van der Waals surface area contributed by atoms with Gasteiger partial charge in [-0.1, -0.05) is 12.1 Å². The summed E-state index contributed by atoms with van der Waals surface area (Å²) in [5.41, 5.74) is 0.168. The van der Waals surface area contributed by atoms with Crippen molar-refractivity contribution in [3.8, 4) is 0 Å². The molecule has 1 aliphatic heterocycles. The van der Waals surface area contributed by atoms with Crippen molar-refractivity contribution in [3.63, 3.8) is 0 Å². The number of para-hydroxylation sites is 1. The van der Waals surface area contributed by atoms with Crippen molar-refractivity contribution in [2.45, 2.75) is 11.3 Å². The summed E-state index contributed by atoms with van der Waals surface area (Å²) in [6.07, 6.45) is 1.27. The van der Waals surface area contributed by atoms with E-state index in [1.165, 1.54) is 12.3 Å². The minimum Gasteiger partial charge on any atom is -0.481 e. The second kappa shape index (κ2) is 5.91. The predicted molar refractivity (Wildman–Crippen MR) is 81.8 cm³/mol. The molecule has 1 aliphatic rings. The molecule has 2 aromatic rings. The first-order valence-electron chi connectivity index (χ1n) is 7.22. The van der Waals surface area contributed by atoms with Crippen LogP contribution in [0.15, 0.2) is 39.8 Å². The van der Waals surface area contributed by atoms with Crippen molar-refractivity contribution in [2.75, 3.05) is 13.1 Å². The number of carboxylic acids is 2. The van der Waals surface area contributed by atoms with Gasteiger partial charge in [0.05, 0.1) is 18.1 Å². The van der Waals surface area contributed by atoms with Gasteiger partial charge in [-0.25, -0.2) is 8.42 Å². The van der Waals surface area contributed by atoms with E-state index in [2.05, 4.69) is 0 Å². The maximum absolute atomic E-state index is 12.9. The normalized spacial score (nSPS) is 22.5. The van der Waals surface area contributed by atoms with E-state index in [0.717, 1.165) is 4.31 Å². The quantitative estimate of drug-likeness (QED) is 0.846. The van der Waals surface area contributed by atoms with E-state index in [-0.39, 0.29) is 30.0 Å². The second-order valence-corrected chi connectivity index (χ2v) is 7.63. The molecule has 0 saturated carbocycles. The number of hydrogen-bond donors (Lipinski definition) is 2. The SMILES string of the molecule is O=C(O)C1CC(C(=O)O)CN(S(=O)(=O)c2cccc3ccoc23)C1. The van der Waals surface area contributed by atoms with E-state index in [4.69, 9.17) is 4.42 Å². The lowest BCUT2D eigenvalue weighted by Crippen LogP contribution is -2.48. The third kappa shape index (κ3) is 2.76. The van der Waals surface area contributed by atoms with Crippen molar-refractivity contribution < 1.29 is 32.6 Å². The van der Waals surface area contributed by atoms with Gasteiger partial charge in [0.25, 0.3) is 0 Å². The molecule has 2 unspecified atom stereocenters. The summed E-state index contributed by atoms with van der Waals surface area (Å²) in [6.45, 7) is -0.531. The molecule has 128 valence electrons. The van der Waals surface area contributed by atoms with Crippen molar-refractivity contribution in [2.24, 2.45) is 11.8 Å². The molecule has 1 aromatic carbocycles.